The van der Waals surface area contributed by atoms with E-state index in [0.717, 1.165) is 0 Å². The molecule has 0 aliphatic rings. The van der Waals surface area contributed by atoms with Crippen LogP contribution in [0.1, 0.15) is 0 Å². The molecule has 0 unspecified atom stereocenters. The zero-order chi connectivity index (χ0) is 5.21. The molecule has 0 radical (unpaired) electrons. The van der Waals surface area contributed by atoms with Gasteiger partial charge in [0.15, 0.2) is 0 Å². The van der Waals surface area contributed by atoms with Gasteiger partial charge in [0.25, 0.3) is 0 Å². The van der Waals surface area contributed by atoms with E-state index in [-0.39, 0.29) is 39.5 Å². The van der Waals surface area contributed by atoms with Crippen LogP contribution in [0.3, 0.4) is 0 Å². The van der Waals surface area contributed by atoms with Crippen LogP contribution in [-0.2, 0) is 21.1 Å². The van der Waals surface area contributed by atoms with E-state index in [1.165, 1.54) is 0 Å². The van der Waals surface area contributed by atoms with Crippen LogP contribution in [0.2, 0.25) is 0 Å². The molecule has 0 spiro atoms. The molecule has 0 aromatic rings. The van der Waals surface area contributed by atoms with Crippen LogP contribution in [0.4, 0.5) is 0 Å². The quantitative estimate of drug-likeness (QED) is 0.204. The minimum absolute atomic E-state index is 0. The molecular formula is H6MgNiO5Si. The van der Waals surface area contributed by atoms with Crippen LogP contribution < -0.4 is 0 Å². The Morgan fingerprint density at radius 3 is 1.25 bits per heavy atom. The Morgan fingerprint density at radius 1 is 1.12 bits per heavy atom. The zero-order valence-corrected chi connectivity index (χ0v) is 5.00. The molecule has 5 nitrogen and oxygen atoms in total. The van der Waals surface area contributed by atoms with Crippen molar-refractivity contribution in [2.75, 3.05) is 0 Å². The van der Waals surface area contributed by atoms with Crippen molar-refractivity contribution < 1.29 is 40.7 Å². The van der Waals surface area contributed by atoms with Gasteiger partial charge in [0.05, 0.1) is 0 Å². The maximum atomic E-state index is 7.60. The maximum Gasteiger partial charge on any atom is 0.699 e. The zero-order valence-electron chi connectivity index (χ0n) is 3.01. The van der Waals surface area contributed by atoms with Gasteiger partial charge in [-0.25, -0.2) is 0 Å². The molecule has 0 aromatic heterocycles. The Labute approximate surface area is 72.8 Å². The summed E-state index contributed by atoms with van der Waals surface area (Å²) in [7, 11) is -4.58. The van der Waals surface area contributed by atoms with Crippen LogP contribution >= 0.6 is 0 Å². The van der Waals surface area contributed by atoms with Crippen LogP contribution in [0.15, 0.2) is 0 Å². The van der Waals surface area contributed by atoms with Gasteiger partial charge in [-0.3, -0.25) is 5.26 Å². The van der Waals surface area contributed by atoms with E-state index in [1.807, 2.05) is 0 Å². The molecule has 0 aromatic carbocycles. The van der Waals surface area contributed by atoms with Crippen molar-refractivity contribution in [3.05, 3.63) is 0 Å². The average molecular weight is 197 g/mol. The fourth-order valence-electron chi connectivity index (χ4n) is 0. The van der Waals surface area contributed by atoms with Crippen LogP contribution in [0.25, 0.3) is 0 Å². The van der Waals surface area contributed by atoms with Crippen molar-refractivity contribution in [1.29, 1.82) is 0 Å². The van der Waals surface area contributed by atoms with Gasteiger partial charge in [0, 0.05) is 16.5 Å². The summed E-state index contributed by atoms with van der Waals surface area (Å²) in [5.74, 6) is 0. The number of hydrogen-bond donors (Lipinski definition) is 4. The van der Waals surface area contributed by atoms with Crippen molar-refractivity contribution in [2.45, 2.75) is 0 Å². The Hall–Kier alpha value is 1.28. The monoisotopic (exact) mass is 196 g/mol. The molecule has 0 heterocycles. The molecule has 0 bridgehead atoms. The standard InChI is InChI=1S/Mg.Ni.H4O5Si.2H/c;;1-5-6(2,3)4;;/h;;1-4H;;. The Morgan fingerprint density at radius 2 is 1.25 bits per heavy atom. The molecular weight excluding hydrogens is 191 g/mol. The minimum atomic E-state index is -4.58. The van der Waals surface area contributed by atoms with E-state index in [1.54, 1.807) is 0 Å². The van der Waals surface area contributed by atoms with Crippen molar-refractivity contribution in [1.82, 2.24) is 0 Å². The first-order chi connectivity index (χ1) is 2.56. The summed E-state index contributed by atoms with van der Waals surface area (Å²) < 4.78 is 2.74. The van der Waals surface area contributed by atoms with Crippen LogP contribution in [0.5, 0.6) is 0 Å². The minimum Gasteiger partial charge on any atom is -0.366 e. The second-order valence-corrected chi connectivity index (χ2v) is 2.00. The molecule has 0 atom stereocenters. The molecule has 8 heavy (non-hydrogen) atoms. The summed E-state index contributed by atoms with van der Waals surface area (Å²) in [6, 6.07) is 0. The number of rotatable bonds is 1. The fraction of sp³-hybridized carbons (Fsp3) is 0. The summed E-state index contributed by atoms with van der Waals surface area (Å²) in [6.45, 7) is 0. The Kier molecular flexibility index (Phi) is 12.9. The van der Waals surface area contributed by atoms with E-state index < -0.39 is 9.05 Å². The van der Waals surface area contributed by atoms with Crippen LogP contribution in [0, 0.1) is 0 Å². The van der Waals surface area contributed by atoms with Crippen LogP contribution in [-0.4, -0.2) is 51.7 Å². The summed E-state index contributed by atoms with van der Waals surface area (Å²) in [4.78, 5) is 22.8. The maximum absolute atomic E-state index is 7.60. The first-order valence-corrected chi connectivity index (χ1v) is 2.81. The van der Waals surface area contributed by atoms with E-state index in [0.29, 0.717) is 0 Å². The van der Waals surface area contributed by atoms with E-state index in [4.69, 9.17) is 19.6 Å². The molecule has 0 fully saturated rings. The largest absolute Gasteiger partial charge is 0.699 e. The average Bonchev–Trinajstić information content (AvgIpc) is 1.35. The molecule has 0 aliphatic heterocycles. The molecule has 52 valence electrons. The van der Waals surface area contributed by atoms with Gasteiger partial charge in [0.2, 0.25) is 0 Å². The summed E-state index contributed by atoms with van der Waals surface area (Å²) in [6.07, 6.45) is 0. The van der Waals surface area contributed by atoms with Gasteiger partial charge >= 0.3 is 32.1 Å². The van der Waals surface area contributed by atoms with Gasteiger partial charge in [-0.1, -0.05) is 0 Å². The van der Waals surface area contributed by atoms with Gasteiger partial charge in [-0.2, -0.15) is 4.58 Å². The topological polar surface area (TPSA) is 90.2 Å². The Balaban J connectivity index is -0.000000125. The second kappa shape index (κ2) is 6.40. The third-order valence-electron chi connectivity index (χ3n) is 0.122. The van der Waals surface area contributed by atoms with Crippen molar-refractivity contribution in [2.24, 2.45) is 0 Å². The van der Waals surface area contributed by atoms with Crippen molar-refractivity contribution in [3.8, 4) is 0 Å². The smallest absolute Gasteiger partial charge is 0.366 e. The third-order valence-corrected chi connectivity index (χ3v) is 0.367. The molecule has 0 aliphatic carbocycles. The van der Waals surface area contributed by atoms with E-state index in [2.05, 4.69) is 4.58 Å². The van der Waals surface area contributed by atoms with E-state index in [9.17, 15) is 0 Å². The molecule has 0 saturated heterocycles. The Bertz CT molecular complexity index is 42.2. The van der Waals surface area contributed by atoms with Crippen molar-refractivity contribution in [3.63, 3.8) is 0 Å². The van der Waals surface area contributed by atoms with Crippen molar-refractivity contribution >= 4 is 32.1 Å². The first kappa shape index (κ1) is 16.1. The van der Waals surface area contributed by atoms with Gasteiger partial charge in [-0.15, -0.1) is 0 Å². The summed E-state index contributed by atoms with van der Waals surface area (Å²) >= 11 is 0. The molecule has 4 N–H and O–H groups in total. The molecule has 0 rings (SSSR count). The summed E-state index contributed by atoms with van der Waals surface area (Å²) in [5.41, 5.74) is 0. The molecule has 0 saturated carbocycles. The predicted molar refractivity (Wildman–Crippen MR) is 24.7 cm³/mol. The normalized spacial score (nSPS) is 9.00. The fourth-order valence-corrected chi connectivity index (χ4v) is 0. The number of hydrogen-bond acceptors (Lipinski definition) is 5. The second-order valence-electron chi connectivity index (χ2n) is 0.665. The van der Waals surface area contributed by atoms with Gasteiger partial charge in [0.1, 0.15) is 0 Å². The van der Waals surface area contributed by atoms with Gasteiger partial charge < -0.3 is 14.4 Å². The summed E-state index contributed by atoms with van der Waals surface area (Å²) in [5, 5.41) is 7.21. The SMILES string of the molecule is OO[Si](O)(O)O.[MgH2].[Ni]. The van der Waals surface area contributed by atoms with E-state index >= 15 is 0 Å². The predicted octanol–water partition coefficient (Wildman–Crippen LogP) is -3.03. The molecule has 8 heteroatoms. The third kappa shape index (κ3) is 15.7. The van der Waals surface area contributed by atoms with Gasteiger partial charge in [-0.05, 0) is 0 Å². The first-order valence-electron chi connectivity index (χ1n) is 1.06. The molecule has 0 amide bonds.